The summed E-state index contributed by atoms with van der Waals surface area (Å²) < 4.78 is 78.3. The minimum atomic E-state index is -4.62. The number of halogens is 6. The van der Waals surface area contributed by atoms with Crippen molar-refractivity contribution in [2.75, 3.05) is 10.6 Å². The maximum absolute atomic E-state index is 12.9. The van der Waals surface area contributed by atoms with Gasteiger partial charge in [0.2, 0.25) is 0 Å². The van der Waals surface area contributed by atoms with Crippen molar-refractivity contribution in [1.29, 1.82) is 0 Å². The highest BCUT2D eigenvalue weighted by molar-refractivity contribution is 6.14. The van der Waals surface area contributed by atoms with Crippen LogP contribution in [0.25, 0.3) is 0 Å². The van der Waals surface area contributed by atoms with Crippen molar-refractivity contribution in [2.45, 2.75) is 12.4 Å². The molecule has 0 aliphatic heterocycles. The van der Waals surface area contributed by atoms with Gasteiger partial charge in [-0.05, 0) is 36.4 Å². The van der Waals surface area contributed by atoms with Gasteiger partial charge in [0.15, 0.2) is 5.69 Å². The zero-order valence-electron chi connectivity index (χ0n) is 16.2. The maximum atomic E-state index is 12.9. The number of nitrogens with zero attached hydrogens (tertiary/aromatic N) is 2. The van der Waals surface area contributed by atoms with Crippen molar-refractivity contribution in [2.24, 2.45) is 7.05 Å². The second kappa shape index (κ2) is 8.36. The number of hydrogen-bond donors (Lipinski definition) is 2. The molecule has 0 aliphatic carbocycles. The SMILES string of the molecule is Cn1cc(C(=O)Nc2cccc(C(F)(F)F)c2)c(C(=O)Nc2cccc(C(F)(F)F)c2)n1. The highest BCUT2D eigenvalue weighted by Crippen LogP contribution is 2.32. The van der Waals surface area contributed by atoms with Crippen LogP contribution in [0.3, 0.4) is 0 Å². The van der Waals surface area contributed by atoms with E-state index >= 15 is 0 Å². The highest BCUT2D eigenvalue weighted by Gasteiger charge is 2.32. The topological polar surface area (TPSA) is 76.0 Å². The molecule has 6 nitrogen and oxygen atoms in total. The first-order valence-corrected chi connectivity index (χ1v) is 8.85. The fourth-order valence-electron chi connectivity index (χ4n) is 2.76. The highest BCUT2D eigenvalue weighted by atomic mass is 19.4. The lowest BCUT2D eigenvalue weighted by atomic mass is 10.1. The van der Waals surface area contributed by atoms with Crippen molar-refractivity contribution in [1.82, 2.24) is 9.78 Å². The Morgan fingerprint density at radius 2 is 1.28 bits per heavy atom. The molecule has 168 valence electrons. The van der Waals surface area contributed by atoms with E-state index < -0.39 is 41.0 Å². The summed E-state index contributed by atoms with van der Waals surface area (Å²) in [6.07, 6.45) is -8.09. The van der Waals surface area contributed by atoms with Gasteiger partial charge < -0.3 is 10.6 Å². The quantitative estimate of drug-likeness (QED) is 0.545. The molecule has 0 aliphatic rings. The van der Waals surface area contributed by atoms with Crippen molar-refractivity contribution >= 4 is 23.2 Å². The Morgan fingerprint density at radius 3 is 1.75 bits per heavy atom. The first kappa shape index (κ1) is 22.8. The Bertz CT molecular complexity index is 1080. The van der Waals surface area contributed by atoms with Crippen LogP contribution >= 0.6 is 0 Å². The van der Waals surface area contributed by atoms with Crippen LogP contribution in [0.4, 0.5) is 37.7 Å². The van der Waals surface area contributed by atoms with Crippen molar-refractivity contribution in [3.8, 4) is 0 Å². The van der Waals surface area contributed by atoms with E-state index in [1.165, 1.54) is 19.2 Å². The van der Waals surface area contributed by atoms with Gasteiger partial charge >= 0.3 is 12.4 Å². The van der Waals surface area contributed by atoms with Gasteiger partial charge in [-0.25, -0.2) is 0 Å². The first-order valence-electron chi connectivity index (χ1n) is 8.85. The van der Waals surface area contributed by atoms with Crippen LogP contribution in [0.1, 0.15) is 32.0 Å². The molecule has 0 bridgehead atoms. The number of carbonyl (C=O) groups excluding carboxylic acids is 2. The molecule has 2 N–H and O–H groups in total. The zero-order valence-corrected chi connectivity index (χ0v) is 16.2. The summed E-state index contributed by atoms with van der Waals surface area (Å²) in [6, 6.07) is 7.73. The first-order chi connectivity index (χ1) is 14.8. The second-order valence-electron chi connectivity index (χ2n) is 6.63. The third-order valence-corrected chi connectivity index (χ3v) is 4.18. The third-order valence-electron chi connectivity index (χ3n) is 4.18. The summed E-state index contributed by atoms with van der Waals surface area (Å²) in [5.74, 6) is -1.90. The average molecular weight is 456 g/mol. The van der Waals surface area contributed by atoms with E-state index in [4.69, 9.17) is 0 Å². The maximum Gasteiger partial charge on any atom is 0.416 e. The lowest BCUT2D eigenvalue weighted by molar-refractivity contribution is -0.138. The molecule has 0 saturated carbocycles. The van der Waals surface area contributed by atoms with E-state index in [-0.39, 0.29) is 16.9 Å². The van der Waals surface area contributed by atoms with Crippen LogP contribution in [0.15, 0.2) is 54.7 Å². The van der Waals surface area contributed by atoms with Gasteiger partial charge in [0, 0.05) is 24.6 Å². The molecule has 0 fully saturated rings. The molecular weight excluding hydrogens is 442 g/mol. The Morgan fingerprint density at radius 1 is 0.812 bits per heavy atom. The predicted molar refractivity (Wildman–Crippen MR) is 102 cm³/mol. The summed E-state index contributed by atoms with van der Waals surface area (Å²) in [5, 5.41) is 8.32. The summed E-state index contributed by atoms with van der Waals surface area (Å²) in [5.41, 5.74) is -3.02. The van der Waals surface area contributed by atoms with Crippen LogP contribution < -0.4 is 10.6 Å². The number of hydrogen-bond acceptors (Lipinski definition) is 3. The lowest BCUT2D eigenvalue weighted by Gasteiger charge is -2.11. The van der Waals surface area contributed by atoms with E-state index in [2.05, 4.69) is 15.7 Å². The number of amides is 2. The van der Waals surface area contributed by atoms with E-state index in [9.17, 15) is 35.9 Å². The Balaban J connectivity index is 1.83. The largest absolute Gasteiger partial charge is 0.416 e. The number of aryl methyl sites for hydroxylation is 1. The lowest BCUT2D eigenvalue weighted by Crippen LogP contribution is -2.20. The Hall–Kier alpha value is -3.83. The molecule has 32 heavy (non-hydrogen) atoms. The number of rotatable bonds is 4. The summed E-state index contributed by atoms with van der Waals surface area (Å²) in [7, 11) is 1.39. The van der Waals surface area contributed by atoms with E-state index in [1.807, 2.05) is 0 Å². The van der Waals surface area contributed by atoms with Crippen LogP contribution in [-0.4, -0.2) is 21.6 Å². The number of aromatic nitrogens is 2. The molecule has 0 radical (unpaired) electrons. The van der Waals surface area contributed by atoms with Crippen molar-refractivity contribution in [3.05, 3.63) is 77.1 Å². The number of benzene rings is 2. The van der Waals surface area contributed by atoms with Crippen LogP contribution in [0.5, 0.6) is 0 Å². The Kier molecular flexibility index (Phi) is 5.97. The molecule has 3 rings (SSSR count). The standard InChI is InChI=1S/C20H14F6N4O2/c1-30-10-15(17(31)27-13-6-2-4-11(8-13)19(21,22)23)16(29-30)18(32)28-14-7-3-5-12(9-14)20(24,25)26/h2-10H,1H3,(H,27,31)(H,28,32). The predicted octanol–water partition coefficient (Wildman–Crippen LogP) is 4.96. The summed E-state index contributed by atoms with van der Waals surface area (Å²) >= 11 is 0. The van der Waals surface area contributed by atoms with Gasteiger partial charge in [-0.2, -0.15) is 31.4 Å². The summed E-state index contributed by atoms with van der Waals surface area (Å²) in [4.78, 5) is 25.1. The molecule has 1 heterocycles. The number of nitrogens with one attached hydrogen (secondary N) is 2. The minimum Gasteiger partial charge on any atom is -0.322 e. The van der Waals surface area contributed by atoms with Crippen LogP contribution in [-0.2, 0) is 19.4 Å². The fraction of sp³-hybridized carbons (Fsp3) is 0.150. The fourth-order valence-corrected chi connectivity index (χ4v) is 2.76. The van der Waals surface area contributed by atoms with Crippen LogP contribution in [0, 0.1) is 0 Å². The minimum absolute atomic E-state index is 0.169. The molecule has 1 aromatic heterocycles. The third kappa shape index (κ3) is 5.25. The summed E-state index contributed by atoms with van der Waals surface area (Å²) in [6.45, 7) is 0. The number of anilines is 2. The molecule has 0 spiro atoms. The van der Waals surface area contributed by atoms with Crippen molar-refractivity contribution < 1.29 is 35.9 Å². The smallest absolute Gasteiger partial charge is 0.322 e. The average Bonchev–Trinajstić information content (AvgIpc) is 3.09. The van der Waals surface area contributed by atoms with Gasteiger partial charge in [-0.3, -0.25) is 14.3 Å². The molecule has 0 atom stereocenters. The molecule has 0 saturated heterocycles. The van der Waals surface area contributed by atoms with E-state index in [1.54, 1.807) is 0 Å². The second-order valence-corrected chi connectivity index (χ2v) is 6.63. The molecule has 3 aromatic rings. The van der Waals surface area contributed by atoms with Gasteiger partial charge in [-0.1, -0.05) is 12.1 Å². The molecule has 2 aromatic carbocycles. The Labute approximate surface area is 176 Å². The molecule has 12 heteroatoms. The molecule has 2 amide bonds. The number of alkyl halides is 6. The molecular formula is C20H14F6N4O2. The van der Waals surface area contributed by atoms with Crippen molar-refractivity contribution in [3.63, 3.8) is 0 Å². The van der Waals surface area contributed by atoms with Crippen LogP contribution in [0.2, 0.25) is 0 Å². The van der Waals surface area contributed by atoms with Gasteiger partial charge in [0.05, 0.1) is 16.7 Å². The number of carbonyl (C=O) groups is 2. The van der Waals surface area contributed by atoms with Gasteiger partial charge in [0.25, 0.3) is 11.8 Å². The van der Waals surface area contributed by atoms with Gasteiger partial charge in [0.1, 0.15) is 0 Å². The van der Waals surface area contributed by atoms with E-state index in [0.29, 0.717) is 6.07 Å². The van der Waals surface area contributed by atoms with E-state index in [0.717, 1.165) is 41.2 Å². The zero-order chi connectivity index (χ0) is 23.7. The molecule has 0 unspecified atom stereocenters. The monoisotopic (exact) mass is 456 g/mol. The normalized spacial score (nSPS) is 11.8. The van der Waals surface area contributed by atoms with Gasteiger partial charge in [-0.15, -0.1) is 0 Å².